The van der Waals surface area contributed by atoms with Crippen molar-refractivity contribution in [3.8, 4) is 0 Å². The Balaban J connectivity index is 2.73. The number of benzene rings is 1. The van der Waals surface area contributed by atoms with Crippen LogP contribution in [-0.2, 0) is 0 Å². The molecule has 2 atom stereocenters. The van der Waals surface area contributed by atoms with Crippen molar-refractivity contribution in [2.24, 2.45) is 11.7 Å². The molecule has 18 heavy (non-hydrogen) atoms. The van der Waals surface area contributed by atoms with E-state index in [1.807, 2.05) is 13.8 Å². The minimum atomic E-state index is -0.616. The van der Waals surface area contributed by atoms with Crippen LogP contribution in [-0.4, -0.2) is 23.0 Å². The molecule has 0 aromatic heterocycles. The first kappa shape index (κ1) is 15.4. The largest absolute Gasteiger partial charge is 0.395 e. The van der Waals surface area contributed by atoms with Crippen molar-refractivity contribution in [2.75, 3.05) is 6.61 Å². The van der Waals surface area contributed by atoms with Crippen LogP contribution in [0.1, 0.15) is 20.3 Å². The lowest BCUT2D eigenvalue weighted by atomic mass is 10.0. The third kappa shape index (κ3) is 4.55. The quantitative estimate of drug-likeness (QED) is 0.785. The van der Waals surface area contributed by atoms with Crippen LogP contribution in [0.3, 0.4) is 0 Å². The van der Waals surface area contributed by atoms with Gasteiger partial charge in [-0.25, -0.2) is 8.78 Å². The topological polar surface area (TPSA) is 46.2 Å². The first-order valence-electron chi connectivity index (χ1n) is 5.92. The Hall–Kier alpha value is -0.650. The van der Waals surface area contributed by atoms with E-state index < -0.39 is 11.6 Å². The molecule has 0 fully saturated rings. The molecule has 0 saturated carbocycles. The number of aliphatic hydroxyl groups excluding tert-OH is 1. The van der Waals surface area contributed by atoms with E-state index in [0.29, 0.717) is 10.8 Å². The highest BCUT2D eigenvalue weighted by Crippen LogP contribution is 2.29. The summed E-state index contributed by atoms with van der Waals surface area (Å²) < 4.78 is 26.3. The summed E-state index contributed by atoms with van der Waals surface area (Å²) in [5.41, 5.74) is 5.98. The van der Waals surface area contributed by atoms with Gasteiger partial charge in [-0.05, 0) is 24.5 Å². The summed E-state index contributed by atoms with van der Waals surface area (Å²) in [7, 11) is 0. The summed E-state index contributed by atoms with van der Waals surface area (Å²) in [6.45, 7) is 3.95. The molecule has 0 radical (unpaired) electrons. The van der Waals surface area contributed by atoms with Gasteiger partial charge >= 0.3 is 0 Å². The maximum absolute atomic E-state index is 13.5. The van der Waals surface area contributed by atoms with Gasteiger partial charge in [0.2, 0.25) is 0 Å². The Morgan fingerprint density at radius 1 is 1.33 bits per heavy atom. The summed E-state index contributed by atoms with van der Waals surface area (Å²) >= 11 is 1.16. The van der Waals surface area contributed by atoms with Crippen LogP contribution >= 0.6 is 11.8 Å². The van der Waals surface area contributed by atoms with Crippen molar-refractivity contribution >= 4 is 11.8 Å². The van der Waals surface area contributed by atoms with Gasteiger partial charge in [0.25, 0.3) is 0 Å². The van der Waals surface area contributed by atoms with Crippen molar-refractivity contribution < 1.29 is 13.9 Å². The van der Waals surface area contributed by atoms with Crippen LogP contribution in [0.25, 0.3) is 0 Å². The van der Waals surface area contributed by atoms with Crippen molar-refractivity contribution in [3.05, 3.63) is 29.8 Å². The third-order valence-electron chi connectivity index (χ3n) is 2.57. The number of rotatable bonds is 6. The highest BCUT2D eigenvalue weighted by molar-refractivity contribution is 8.00. The molecule has 5 heteroatoms. The van der Waals surface area contributed by atoms with E-state index in [9.17, 15) is 13.9 Å². The SMILES string of the molecule is CC(C)CC(N)C(CO)Sc1ccc(F)cc1F. The number of hydrogen-bond acceptors (Lipinski definition) is 3. The second kappa shape index (κ2) is 7.07. The van der Waals surface area contributed by atoms with Gasteiger partial charge in [-0.3, -0.25) is 0 Å². The molecule has 0 spiro atoms. The lowest BCUT2D eigenvalue weighted by Crippen LogP contribution is -2.36. The molecule has 102 valence electrons. The number of hydrogen-bond donors (Lipinski definition) is 2. The van der Waals surface area contributed by atoms with Crippen molar-refractivity contribution in [1.29, 1.82) is 0 Å². The smallest absolute Gasteiger partial charge is 0.139 e. The summed E-state index contributed by atoms with van der Waals surface area (Å²) in [6.07, 6.45) is 0.751. The lowest BCUT2D eigenvalue weighted by Gasteiger charge is -2.23. The molecule has 2 unspecified atom stereocenters. The van der Waals surface area contributed by atoms with E-state index >= 15 is 0 Å². The molecule has 1 aromatic carbocycles. The molecule has 0 aliphatic carbocycles. The highest BCUT2D eigenvalue weighted by atomic mass is 32.2. The molecule has 2 nitrogen and oxygen atoms in total. The van der Waals surface area contributed by atoms with E-state index in [1.165, 1.54) is 12.1 Å². The first-order chi connectivity index (χ1) is 8.43. The fourth-order valence-electron chi connectivity index (χ4n) is 1.69. The zero-order valence-electron chi connectivity index (χ0n) is 10.6. The maximum Gasteiger partial charge on any atom is 0.139 e. The van der Waals surface area contributed by atoms with Crippen LogP contribution in [0.2, 0.25) is 0 Å². The molecular weight excluding hydrogens is 256 g/mol. The fraction of sp³-hybridized carbons (Fsp3) is 0.538. The van der Waals surface area contributed by atoms with E-state index in [4.69, 9.17) is 5.73 Å². The molecule has 3 N–H and O–H groups in total. The summed E-state index contributed by atoms with van der Waals surface area (Å²) in [6, 6.07) is 3.20. The highest BCUT2D eigenvalue weighted by Gasteiger charge is 2.20. The van der Waals surface area contributed by atoms with Gasteiger partial charge in [0.05, 0.1) is 6.61 Å². The molecule has 0 aliphatic heterocycles. The summed E-state index contributed by atoms with van der Waals surface area (Å²) in [5, 5.41) is 9.03. The molecule has 0 amide bonds. The maximum atomic E-state index is 13.5. The lowest BCUT2D eigenvalue weighted by molar-refractivity contribution is 0.275. The predicted molar refractivity (Wildman–Crippen MR) is 70.5 cm³/mol. The van der Waals surface area contributed by atoms with Crippen molar-refractivity contribution in [3.63, 3.8) is 0 Å². The van der Waals surface area contributed by atoms with Gasteiger partial charge in [-0.15, -0.1) is 11.8 Å². The van der Waals surface area contributed by atoms with Crippen LogP contribution in [0.5, 0.6) is 0 Å². The van der Waals surface area contributed by atoms with Gasteiger partial charge < -0.3 is 10.8 Å². The average Bonchev–Trinajstić information content (AvgIpc) is 2.27. The average molecular weight is 275 g/mol. The number of halogens is 2. The van der Waals surface area contributed by atoms with Crippen molar-refractivity contribution in [1.82, 2.24) is 0 Å². The van der Waals surface area contributed by atoms with E-state index in [1.54, 1.807) is 0 Å². The first-order valence-corrected chi connectivity index (χ1v) is 6.80. The van der Waals surface area contributed by atoms with Crippen molar-refractivity contribution in [2.45, 2.75) is 36.5 Å². The van der Waals surface area contributed by atoms with Crippen LogP contribution in [0, 0.1) is 17.6 Å². The Morgan fingerprint density at radius 2 is 2.00 bits per heavy atom. The summed E-state index contributed by atoms with van der Waals surface area (Å²) in [4.78, 5) is 0.314. The molecule has 1 aromatic rings. The minimum absolute atomic E-state index is 0.130. The standard InChI is InChI=1S/C13H19F2NOS/c1-8(2)5-11(16)13(7-17)18-12-4-3-9(14)6-10(12)15/h3-4,6,8,11,13,17H,5,7,16H2,1-2H3. The zero-order chi connectivity index (χ0) is 13.7. The normalized spacial score (nSPS) is 14.8. The monoisotopic (exact) mass is 275 g/mol. The predicted octanol–water partition coefficient (Wildman–Crippen LogP) is 2.79. The molecule has 0 heterocycles. The molecule has 1 rings (SSSR count). The Labute approximate surface area is 111 Å². The number of nitrogens with two attached hydrogens (primary N) is 1. The molecule has 0 aliphatic rings. The van der Waals surface area contributed by atoms with E-state index in [0.717, 1.165) is 24.2 Å². The number of aliphatic hydroxyl groups is 1. The third-order valence-corrected chi connectivity index (χ3v) is 3.96. The minimum Gasteiger partial charge on any atom is -0.395 e. The van der Waals surface area contributed by atoms with Gasteiger partial charge in [0.1, 0.15) is 11.6 Å². The second-order valence-electron chi connectivity index (χ2n) is 4.71. The fourth-order valence-corrected chi connectivity index (χ4v) is 2.69. The van der Waals surface area contributed by atoms with E-state index in [2.05, 4.69) is 0 Å². The van der Waals surface area contributed by atoms with Crippen LogP contribution in [0.4, 0.5) is 8.78 Å². The Bertz CT molecular complexity index is 387. The molecular formula is C13H19F2NOS. The van der Waals surface area contributed by atoms with Gasteiger partial charge in [-0.1, -0.05) is 13.8 Å². The van der Waals surface area contributed by atoms with E-state index in [-0.39, 0.29) is 17.9 Å². The van der Waals surface area contributed by atoms with Gasteiger partial charge in [0.15, 0.2) is 0 Å². The zero-order valence-corrected chi connectivity index (χ0v) is 11.4. The Morgan fingerprint density at radius 3 is 2.50 bits per heavy atom. The summed E-state index contributed by atoms with van der Waals surface area (Å²) in [5.74, 6) is -0.813. The number of thioether (sulfide) groups is 1. The second-order valence-corrected chi connectivity index (χ2v) is 5.99. The Kier molecular flexibility index (Phi) is 6.05. The molecule has 0 bridgehead atoms. The van der Waals surface area contributed by atoms with Crippen LogP contribution < -0.4 is 5.73 Å². The van der Waals surface area contributed by atoms with Gasteiger partial charge in [-0.2, -0.15) is 0 Å². The van der Waals surface area contributed by atoms with Gasteiger partial charge in [0, 0.05) is 22.3 Å². The molecule has 0 saturated heterocycles. The van der Waals surface area contributed by atoms with Crippen LogP contribution in [0.15, 0.2) is 23.1 Å².